The van der Waals surface area contributed by atoms with Gasteiger partial charge in [-0.15, -0.1) is 0 Å². The van der Waals surface area contributed by atoms with Gasteiger partial charge in [0.15, 0.2) is 0 Å². The Kier molecular flexibility index (Phi) is 12.0. The van der Waals surface area contributed by atoms with Gasteiger partial charge in [-0.05, 0) is 18.8 Å². The number of carbonyl (C=O) groups excluding carboxylic acids is 4. The number of nitrogens with two attached hydrogens (primary N) is 2. The van der Waals surface area contributed by atoms with Crippen molar-refractivity contribution in [1.82, 2.24) is 25.9 Å². The number of aromatic nitrogens is 2. The average Bonchev–Trinajstić information content (AvgIpc) is 3.30. The van der Waals surface area contributed by atoms with E-state index in [2.05, 4.69) is 25.9 Å². The Morgan fingerprint density at radius 1 is 0.944 bits per heavy atom. The molecule has 0 aromatic carbocycles. The third-order valence-corrected chi connectivity index (χ3v) is 5.16. The minimum atomic E-state index is -1.33. The number of nitrogens with zero attached hydrogens (tertiary/aromatic N) is 1. The minimum absolute atomic E-state index is 0.0867. The molecule has 4 atom stereocenters. The van der Waals surface area contributed by atoms with Crippen molar-refractivity contribution in [2.24, 2.45) is 17.4 Å². The molecule has 1 aromatic heterocycles. The number of primary amides is 1. The van der Waals surface area contributed by atoms with E-state index in [0.29, 0.717) is 5.69 Å². The van der Waals surface area contributed by atoms with Gasteiger partial charge in [0.2, 0.25) is 23.6 Å². The number of H-pyrrole nitrogens is 1. The number of amides is 4. The summed E-state index contributed by atoms with van der Waals surface area (Å²) < 4.78 is 0. The van der Waals surface area contributed by atoms with Gasteiger partial charge >= 0.3 is 11.9 Å². The van der Waals surface area contributed by atoms with Crippen LogP contribution in [-0.4, -0.2) is 79.9 Å². The zero-order valence-corrected chi connectivity index (χ0v) is 20.0. The number of aromatic amines is 1. The van der Waals surface area contributed by atoms with Crippen molar-refractivity contribution in [3.8, 4) is 0 Å². The van der Waals surface area contributed by atoms with E-state index in [4.69, 9.17) is 16.6 Å². The first-order valence-corrected chi connectivity index (χ1v) is 11.2. The zero-order valence-electron chi connectivity index (χ0n) is 20.0. The first kappa shape index (κ1) is 30.0. The average molecular weight is 512 g/mol. The molecule has 10 N–H and O–H groups in total. The van der Waals surface area contributed by atoms with Gasteiger partial charge in [-0.1, -0.05) is 13.8 Å². The molecule has 15 heteroatoms. The fraction of sp³-hybridized carbons (Fsp3) is 0.571. The van der Waals surface area contributed by atoms with Crippen LogP contribution < -0.4 is 27.4 Å². The lowest BCUT2D eigenvalue weighted by Gasteiger charge is -2.25. The van der Waals surface area contributed by atoms with Crippen molar-refractivity contribution in [3.05, 3.63) is 18.2 Å². The Balaban J connectivity index is 3.07. The number of hydrogen-bond acceptors (Lipinski definition) is 8. The molecule has 1 aromatic rings. The van der Waals surface area contributed by atoms with Crippen molar-refractivity contribution < 1.29 is 39.0 Å². The largest absolute Gasteiger partial charge is 0.481 e. The second-order valence-corrected chi connectivity index (χ2v) is 8.52. The van der Waals surface area contributed by atoms with Crippen LogP contribution in [0.1, 0.15) is 45.2 Å². The lowest BCUT2D eigenvalue weighted by atomic mass is 10.0. The molecule has 36 heavy (non-hydrogen) atoms. The summed E-state index contributed by atoms with van der Waals surface area (Å²) in [6.45, 7) is 3.20. The molecule has 0 aliphatic heterocycles. The van der Waals surface area contributed by atoms with E-state index in [-0.39, 0.29) is 32.1 Å². The Hall–Kier alpha value is -4.01. The standard InChI is InChI=1S/C21H33N7O8/c1-10(2)17(21(35)36)28-20(34)14(7-11-8-24-9-25-11)27-19(33)13(4-5-15(23)29)26-18(32)12(22)3-6-16(30)31/h8-10,12-14,17H,3-7,22H2,1-2H3,(H2,23,29)(H,24,25)(H,26,32)(H,27,33)(H,28,34)(H,30,31)(H,35,36). The van der Waals surface area contributed by atoms with E-state index in [9.17, 15) is 33.9 Å². The Labute approximate surface area is 206 Å². The zero-order chi connectivity index (χ0) is 27.4. The number of carboxylic acids is 2. The van der Waals surface area contributed by atoms with Gasteiger partial charge in [0.25, 0.3) is 0 Å². The summed E-state index contributed by atoms with van der Waals surface area (Å²) in [6, 6.07) is -5.07. The summed E-state index contributed by atoms with van der Waals surface area (Å²) in [6.07, 6.45) is 1.61. The number of hydrogen-bond donors (Lipinski definition) is 8. The monoisotopic (exact) mass is 511 g/mol. The molecule has 4 amide bonds. The van der Waals surface area contributed by atoms with Crippen molar-refractivity contribution >= 4 is 35.6 Å². The normalized spacial score (nSPS) is 14.2. The lowest BCUT2D eigenvalue weighted by Crippen LogP contribution is -2.58. The molecule has 0 spiro atoms. The summed E-state index contributed by atoms with van der Waals surface area (Å²) in [7, 11) is 0. The first-order chi connectivity index (χ1) is 16.8. The second-order valence-electron chi connectivity index (χ2n) is 8.52. The highest BCUT2D eigenvalue weighted by molar-refractivity contribution is 5.94. The van der Waals surface area contributed by atoms with Gasteiger partial charge in [0, 0.05) is 31.2 Å². The predicted molar refractivity (Wildman–Crippen MR) is 124 cm³/mol. The fourth-order valence-electron chi connectivity index (χ4n) is 3.11. The molecule has 0 aliphatic carbocycles. The van der Waals surface area contributed by atoms with Crippen LogP contribution in [-0.2, 0) is 35.2 Å². The molecule has 15 nitrogen and oxygen atoms in total. The topological polar surface area (TPSA) is 260 Å². The van der Waals surface area contributed by atoms with E-state index in [1.54, 1.807) is 13.8 Å². The van der Waals surface area contributed by atoms with E-state index in [0.717, 1.165) is 0 Å². The third-order valence-electron chi connectivity index (χ3n) is 5.16. The Morgan fingerprint density at radius 3 is 2.06 bits per heavy atom. The molecule has 0 saturated heterocycles. The molecule has 1 rings (SSSR count). The molecular weight excluding hydrogens is 478 g/mol. The van der Waals surface area contributed by atoms with Gasteiger partial charge < -0.3 is 42.6 Å². The van der Waals surface area contributed by atoms with E-state index >= 15 is 0 Å². The van der Waals surface area contributed by atoms with Crippen LogP contribution >= 0.6 is 0 Å². The highest BCUT2D eigenvalue weighted by Gasteiger charge is 2.32. The van der Waals surface area contributed by atoms with Crippen LogP contribution in [0.5, 0.6) is 0 Å². The van der Waals surface area contributed by atoms with Crippen LogP contribution in [0.2, 0.25) is 0 Å². The maximum absolute atomic E-state index is 13.0. The SMILES string of the molecule is CC(C)C(NC(=O)C(Cc1cnc[nH]1)NC(=O)C(CCC(N)=O)NC(=O)C(N)CCC(=O)O)C(=O)O. The van der Waals surface area contributed by atoms with Crippen LogP contribution in [0.25, 0.3) is 0 Å². The first-order valence-electron chi connectivity index (χ1n) is 11.2. The number of carbonyl (C=O) groups is 6. The van der Waals surface area contributed by atoms with Crippen molar-refractivity contribution in [1.29, 1.82) is 0 Å². The van der Waals surface area contributed by atoms with Gasteiger partial charge in [-0.25, -0.2) is 9.78 Å². The third kappa shape index (κ3) is 10.5. The quantitative estimate of drug-likeness (QED) is 0.117. The minimum Gasteiger partial charge on any atom is -0.481 e. The molecule has 0 aliphatic rings. The van der Waals surface area contributed by atoms with Crippen LogP contribution in [0.15, 0.2) is 12.5 Å². The number of carboxylic acid groups (broad SMARTS) is 2. The maximum atomic E-state index is 13.0. The number of aliphatic carboxylic acids is 2. The molecule has 0 fully saturated rings. The fourth-order valence-corrected chi connectivity index (χ4v) is 3.11. The van der Waals surface area contributed by atoms with Crippen molar-refractivity contribution in [2.75, 3.05) is 0 Å². The Morgan fingerprint density at radius 2 is 1.56 bits per heavy atom. The molecule has 0 saturated carbocycles. The number of imidazole rings is 1. The second kappa shape index (κ2) is 14.4. The van der Waals surface area contributed by atoms with Gasteiger partial charge in [-0.2, -0.15) is 0 Å². The number of nitrogens with one attached hydrogen (secondary N) is 4. The maximum Gasteiger partial charge on any atom is 0.326 e. The van der Waals surface area contributed by atoms with Gasteiger partial charge in [-0.3, -0.25) is 24.0 Å². The summed E-state index contributed by atoms with van der Waals surface area (Å²) >= 11 is 0. The highest BCUT2D eigenvalue weighted by Crippen LogP contribution is 2.07. The molecule has 0 radical (unpaired) electrons. The summed E-state index contributed by atoms with van der Waals surface area (Å²) in [5.74, 6) is -6.10. The number of rotatable bonds is 16. The molecule has 0 bridgehead atoms. The van der Waals surface area contributed by atoms with E-state index < -0.39 is 65.7 Å². The smallest absolute Gasteiger partial charge is 0.326 e. The summed E-state index contributed by atoms with van der Waals surface area (Å²) in [4.78, 5) is 78.5. The van der Waals surface area contributed by atoms with Crippen LogP contribution in [0.3, 0.4) is 0 Å². The molecule has 4 unspecified atom stereocenters. The van der Waals surface area contributed by atoms with E-state index in [1.807, 2.05) is 0 Å². The van der Waals surface area contributed by atoms with Crippen LogP contribution in [0, 0.1) is 5.92 Å². The van der Waals surface area contributed by atoms with Crippen LogP contribution in [0.4, 0.5) is 0 Å². The Bertz CT molecular complexity index is 935. The van der Waals surface area contributed by atoms with Crippen molar-refractivity contribution in [3.63, 3.8) is 0 Å². The van der Waals surface area contributed by atoms with Gasteiger partial charge in [0.05, 0.1) is 12.4 Å². The molecule has 200 valence electrons. The lowest BCUT2D eigenvalue weighted by molar-refractivity contribution is -0.143. The highest BCUT2D eigenvalue weighted by atomic mass is 16.4. The molecule has 1 heterocycles. The predicted octanol–water partition coefficient (Wildman–Crippen LogP) is -2.40. The van der Waals surface area contributed by atoms with Gasteiger partial charge in [0.1, 0.15) is 18.1 Å². The van der Waals surface area contributed by atoms with E-state index in [1.165, 1.54) is 12.5 Å². The summed E-state index contributed by atoms with van der Waals surface area (Å²) in [5, 5.41) is 25.4. The van der Waals surface area contributed by atoms with Crippen molar-refractivity contribution in [2.45, 2.75) is 70.1 Å². The molecular formula is C21H33N7O8. The summed E-state index contributed by atoms with van der Waals surface area (Å²) in [5.41, 5.74) is 11.3.